The molecule has 14 nitrogen and oxygen atoms in total. The van der Waals surface area contributed by atoms with Crippen LogP contribution in [-0.2, 0) is 29.8 Å². The van der Waals surface area contributed by atoms with Crippen molar-refractivity contribution >= 4 is 49.5 Å². The average molecular weight is 649 g/mol. The molecule has 0 atom stereocenters. The number of hydrogen-bond donors (Lipinski definition) is 3. The van der Waals surface area contributed by atoms with Crippen LogP contribution in [0.3, 0.4) is 0 Å². The van der Waals surface area contributed by atoms with Gasteiger partial charge >= 0.3 is 0 Å². The first-order chi connectivity index (χ1) is 21.0. The van der Waals surface area contributed by atoms with Crippen molar-refractivity contribution in [3.8, 4) is 17.6 Å². The van der Waals surface area contributed by atoms with Gasteiger partial charge in [-0.25, -0.2) is 9.74 Å². The molecule has 3 aromatic rings. The summed E-state index contributed by atoms with van der Waals surface area (Å²) in [6.45, 7) is 10.2. The molecule has 0 bridgehead atoms. The normalized spacial score (nSPS) is 15.1. The van der Waals surface area contributed by atoms with Gasteiger partial charge in [-0.2, -0.15) is 22.1 Å². The van der Waals surface area contributed by atoms with Crippen molar-refractivity contribution in [3.63, 3.8) is 0 Å². The van der Waals surface area contributed by atoms with Crippen LogP contribution in [0.4, 0.5) is 11.4 Å². The fourth-order valence-corrected chi connectivity index (χ4v) is 5.54. The van der Waals surface area contributed by atoms with E-state index in [1.807, 2.05) is 0 Å². The second-order valence-corrected chi connectivity index (χ2v) is 12.2. The highest BCUT2D eigenvalue weighted by Crippen LogP contribution is 2.34. The second kappa shape index (κ2) is 11.8. The minimum atomic E-state index is -4.70. The maximum absolute atomic E-state index is 13.5. The first-order valence-electron chi connectivity index (χ1n) is 12.4. The van der Waals surface area contributed by atoms with E-state index in [1.54, 1.807) is 6.07 Å². The van der Waals surface area contributed by atoms with E-state index in [9.17, 15) is 50.7 Å². The van der Waals surface area contributed by atoms with Crippen molar-refractivity contribution in [1.29, 1.82) is 5.26 Å². The Labute approximate surface area is 256 Å². The molecule has 0 spiro atoms. The predicted molar refractivity (Wildman–Crippen MR) is 159 cm³/mol. The lowest BCUT2D eigenvalue weighted by Crippen LogP contribution is -2.43. The zero-order valence-corrected chi connectivity index (χ0v) is 24.8. The van der Waals surface area contributed by atoms with Crippen LogP contribution in [0.5, 0.6) is 5.88 Å². The number of rotatable bonds is 6. The molecule has 0 fully saturated rings. The largest absolute Gasteiger partial charge is 0.502 e. The van der Waals surface area contributed by atoms with Crippen molar-refractivity contribution in [2.24, 2.45) is 0 Å². The summed E-state index contributed by atoms with van der Waals surface area (Å²) in [5.41, 5.74) is -2.48. The molecule has 1 aromatic heterocycles. The second-order valence-electron chi connectivity index (χ2n) is 9.41. The Morgan fingerprint density at radius 3 is 2.00 bits per heavy atom. The van der Waals surface area contributed by atoms with E-state index in [-0.39, 0.29) is 39.3 Å². The van der Waals surface area contributed by atoms with Gasteiger partial charge in [0, 0.05) is 11.1 Å². The maximum Gasteiger partial charge on any atom is 0.294 e. The van der Waals surface area contributed by atoms with Gasteiger partial charge in [-0.3, -0.25) is 28.1 Å². The lowest BCUT2D eigenvalue weighted by atomic mass is 9.94. The average Bonchev–Trinajstić information content (AvgIpc) is 2.96. The van der Waals surface area contributed by atoms with Crippen LogP contribution in [0.1, 0.15) is 18.1 Å². The highest BCUT2D eigenvalue weighted by atomic mass is 32.2. The quantitative estimate of drug-likeness (QED) is 0.153. The SMILES string of the molecule is [C-]#[N+]c1c(C)c(C=CC=C2C(=O)N(c3cccc(S(=O)(=O)O)c3)C(=O)C(C#N)=C2C)c(=O)n(-c2cccc(S(=O)(=O)O)c2)c1O. The van der Waals surface area contributed by atoms with Gasteiger partial charge in [-0.15, -0.1) is 0 Å². The summed E-state index contributed by atoms with van der Waals surface area (Å²) in [5, 5.41) is 20.4. The Kier molecular flexibility index (Phi) is 8.46. The number of nitrogens with zero attached hydrogens (tertiary/aromatic N) is 4. The van der Waals surface area contributed by atoms with E-state index in [0.29, 0.717) is 9.47 Å². The number of carbonyl (C=O) groups excluding carboxylic acids is 2. The van der Waals surface area contributed by atoms with Crippen LogP contribution in [0.15, 0.2) is 92.0 Å². The molecule has 16 heteroatoms. The molecule has 0 radical (unpaired) electrons. The number of pyridine rings is 1. The van der Waals surface area contributed by atoms with Crippen LogP contribution in [-0.4, -0.2) is 47.4 Å². The minimum absolute atomic E-state index is 0.0250. The van der Waals surface area contributed by atoms with Gasteiger partial charge in [0.2, 0.25) is 11.6 Å². The number of amides is 2. The summed E-state index contributed by atoms with van der Waals surface area (Å²) in [7, 11) is -9.39. The number of aromatic hydroxyl groups is 1. The van der Waals surface area contributed by atoms with Crippen LogP contribution < -0.4 is 10.5 Å². The van der Waals surface area contributed by atoms with Gasteiger partial charge in [-0.05, 0) is 67.5 Å². The molecule has 228 valence electrons. The van der Waals surface area contributed by atoms with Gasteiger partial charge in [0.15, 0.2) is 0 Å². The Morgan fingerprint density at radius 2 is 1.47 bits per heavy atom. The van der Waals surface area contributed by atoms with E-state index in [0.717, 1.165) is 24.3 Å². The highest BCUT2D eigenvalue weighted by molar-refractivity contribution is 7.86. The summed E-state index contributed by atoms with van der Waals surface area (Å²) in [6.07, 6.45) is 3.57. The third-order valence-electron chi connectivity index (χ3n) is 6.74. The maximum atomic E-state index is 13.5. The third kappa shape index (κ3) is 5.94. The lowest BCUT2D eigenvalue weighted by Gasteiger charge is -2.27. The number of imide groups is 1. The van der Waals surface area contributed by atoms with Crippen molar-refractivity contribution < 1.29 is 40.6 Å². The van der Waals surface area contributed by atoms with E-state index < -0.39 is 58.9 Å². The molecule has 2 amide bonds. The summed E-state index contributed by atoms with van der Waals surface area (Å²) in [5.74, 6) is -2.80. The number of hydrogen-bond acceptors (Lipinski definition) is 9. The highest BCUT2D eigenvalue weighted by Gasteiger charge is 2.36. The molecule has 0 saturated carbocycles. The number of nitriles is 1. The van der Waals surface area contributed by atoms with Crippen LogP contribution >= 0.6 is 0 Å². The van der Waals surface area contributed by atoms with Crippen molar-refractivity contribution in [2.45, 2.75) is 23.6 Å². The Hall–Kier alpha value is -5.65. The zero-order chi connectivity index (χ0) is 33.4. The van der Waals surface area contributed by atoms with Gasteiger partial charge in [-0.1, -0.05) is 24.3 Å². The van der Waals surface area contributed by atoms with Gasteiger partial charge in [0.05, 0.1) is 27.7 Å². The topological polar surface area (TPSA) is 216 Å². The van der Waals surface area contributed by atoms with Crippen molar-refractivity contribution in [3.05, 3.63) is 110 Å². The summed E-state index contributed by atoms with van der Waals surface area (Å²) >= 11 is 0. The minimum Gasteiger partial charge on any atom is -0.502 e. The first-order valence-corrected chi connectivity index (χ1v) is 15.3. The smallest absolute Gasteiger partial charge is 0.294 e. The molecule has 45 heavy (non-hydrogen) atoms. The molecule has 0 aliphatic carbocycles. The van der Waals surface area contributed by atoms with Crippen LogP contribution in [0.2, 0.25) is 0 Å². The van der Waals surface area contributed by atoms with Crippen molar-refractivity contribution in [2.75, 3.05) is 4.90 Å². The van der Waals surface area contributed by atoms with E-state index >= 15 is 0 Å². The number of anilines is 1. The summed E-state index contributed by atoms with van der Waals surface area (Å²) < 4.78 is 66.0. The number of carbonyl (C=O) groups is 2. The number of allylic oxidation sites excluding steroid dienone is 2. The van der Waals surface area contributed by atoms with E-state index in [1.165, 1.54) is 56.3 Å². The molecule has 0 unspecified atom stereocenters. The first kappa shape index (κ1) is 32.3. The molecule has 1 aliphatic rings. The number of benzene rings is 2. The Balaban J connectivity index is 1.88. The Bertz CT molecular complexity index is 2290. The van der Waals surface area contributed by atoms with Gasteiger partial charge in [0.25, 0.3) is 37.6 Å². The van der Waals surface area contributed by atoms with Crippen LogP contribution in [0.25, 0.3) is 16.6 Å². The molecule has 1 aliphatic heterocycles. The lowest BCUT2D eigenvalue weighted by molar-refractivity contribution is -0.123. The monoisotopic (exact) mass is 648 g/mol. The van der Waals surface area contributed by atoms with Gasteiger partial charge in [0.1, 0.15) is 11.6 Å². The molecule has 2 heterocycles. The summed E-state index contributed by atoms with van der Waals surface area (Å²) in [4.78, 5) is 42.7. The Morgan fingerprint density at radius 1 is 0.911 bits per heavy atom. The predicted octanol–water partition coefficient (Wildman–Crippen LogP) is 3.25. The molecular weight excluding hydrogens is 628 g/mol. The third-order valence-corrected chi connectivity index (χ3v) is 8.44. The molecule has 4 rings (SSSR count). The van der Waals surface area contributed by atoms with Crippen LogP contribution in [0, 0.1) is 24.8 Å². The van der Waals surface area contributed by atoms with Crippen molar-refractivity contribution in [1.82, 2.24) is 4.57 Å². The summed E-state index contributed by atoms with van der Waals surface area (Å²) in [6, 6.07) is 10.5. The number of aromatic nitrogens is 1. The molecule has 2 aromatic carbocycles. The van der Waals surface area contributed by atoms with Gasteiger partial charge < -0.3 is 5.11 Å². The molecular formula is C29H20N4O10S2. The standard InChI is InChI=1S/C29H20N4O10S2/c1-16-22(26(34)32(28(36)24(16)15-30)18-7-4-9-20(13-18)44(38,39)40)11-6-12-23-17(2)25(31-3)29(37)33(27(23)35)19-8-5-10-21(14-19)45(41,42)43/h4-14,37H,1-2H3,(H,38,39,40)(H,41,42,43). The van der Waals surface area contributed by atoms with E-state index in [4.69, 9.17) is 6.57 Å². The fraction of sp³-hybridized carbons (Fsp3) is 0.0690. The fourth-order valence-electron chi connectivity index (χ4n) is 4.50. The van der Waals surface area contributed by atoms with E-state index in [2.05, 4.69) is 4.85 Å². The molecule has 3 N–H and O–H groups in total. The molecule has 0 saturated heterocycles. The zero-order valence-electron chi connectivity index (χ0n) is 23.2.